The first-order chi connectivity index (χ1) is 9.11. The van der Waals surface area contributed by atoms with Gasteiger partial charge in [0.15, 0.2) is 5.76 Å². The van der Waals surface area contributed by atoms with E-state index in [4.69, 9.17) is 10.2 Å². The van der Waals surface area contributed by atoms with Crippen molar-refractivity contribution in [1.82, 2.24) is 0 Å². The van der Waals surface area contributed by atoms with E-state index in [9.17, 15) is 4.79 Å². The number of amides is 1. The van der Waals surface area contributed by atoms with Gasteiger partial charge in [0.1, 0.15) is 0 Å². The number of nitrogens with two attached hydrogens (primary N) is 1. The third kappa shape index (κ3) is 3.03. The highest BCUT2D eigenvalue weighted by Crippen LogP contribution is 2.20. The summed E-state index contributed by atoms with van der Waals surface area (Å²) in [6.07, 6.45) is 1.50. The summed E-state index contributed by atoms with van der Waals surface area (Å²) in [5, 5.41) is 0. The molecule has 0 saturated heterocycles. The molecule has 1 heterocycles. The van der Waals surface area contributed by atoms with Crippen molar-refractivity contribution in [3.63, 3.8) is 0 Å². The Bertz CT molecular complexity index is 541. The molecule has 19 heavy (non-hydrogen) atoms. The predicted molar refractivity (Wildman–Crippen MR) is 75.4 cm³/mol. The van der Waals surface area contributed by atoms with Crippen LogP contribution in [-0.4, -0.2) is 19.0 Å². The van der Waals surface area contributed by atoms with Crippen LogP contribution in [0.3, 0.4) is 0 Å². The number of rotatable bonds is 4. The lowest BCUT2D eigenvalue weighted by atomic mass is 10.1. The molecule has 0 aliphatic heterocycles. The highest BCUT2D eigenvalue weighted by atomic mass is 16.3. The lowest BCUT2D eigenvalue weighted by molar-refractivity contribution is 0.0961. The highest BCUT2D eigenvalue weighted by Gasteiger charge is 2.19. The maximum atomic E-state index is 12.4. The monoisotopic (exact) mass is 258 g/mol. The van der Waals surface area contributed by atoms with E-state index in [2.05, 4.69) is 6.07 Å². The van der Waals surface area contributed by atoms with Gasteiger partial charge in [-0.1, -0.05) is 6.07 Å². The Labute approximate surface area is 112 Å². The smallest absolute Gasteiger partial charge is 0.293 e. The predicted octanol–water partition coefficient (Wildman–Crippen LogP) is 2.50. The molecular formula is C15H18N2O2. The van der Waals surface area contributed by atoms with Crippen LogP contribution in [0, 0.1) is 13.8 Å². The molecule has 2 aromatic rings. The number of anilines is 1. The molecule has 0 radical (unpaired) electrons. The standard InChI is InChI=1S/C15H18N2O2/c1-11-8-12(2)10-13(9-11)17(6-5-16)15(18)14-4-3-7-19-14/h3-4,7-10H,5-6,16H2,1-2H3. The summed E-state index contributed by atoms with van der Waals surface area (Å²) in [6, 6.07) is 9.39. The van der Waals surface area contributed by atoms with Crippen molar-refractivity contribution >= 4 is 11.6 Å². The zero-order valence-corrected chi connectivity index (χ0v) is 11.2. The van der Waals surface area contributed by atoms with Crippen molar-refractivity contribution in [3.8, 4) is 0 Å². The van der Waals surface area contributed by atoms with Gasteiger partial charge in [0.05, 0.1) is 6.26 Å². The van der Waals surface area contributed by atoms with Crippen LogP contribution in [0.15, 0.2) is 41.0 Å². The molecule has 0 bridgehead atoms. The van der Waals surface area contributed by atoms with Crippen molar-refractivity contribution in [3.05, 3.63) is 53.5 Å². The van der Waals surface area contributed by atoms with Crippen LogP contribution >= 0.6 is 0 Å². The second-order valence-corrected chi connectivity index (χ2v) is 4.57. The normalized spacial score (nSPS) is 10.5. The molecule has 0 unspecified atom stereocenters. The van der Waals surface area contributed by atoms with E-state index in [1.165, 1.54) is 6.26 Å². The largest absolute Gasteiger partial charge is 0.459 e. The fraction of sp³-hybridized carbons (Fsp3) is 0.267. The second kappa shape index (κ2) is 5.71. The number of hydrogen-bond acceptors (Lipinski definition) is 3. The van der Waals surface area contributed by atoms with Gasteiger partial charge in [0.25, 0.3) is 5.91 Å². The molecule has 0 fully saturated rings. The van der Waals surface area contributed by atoms with E-state index in [0.717, 1.165) is 16.8 Å². The SMILES string of the molecule is Cc1cc(C)cc(N(CCN)C(=O)c2ccco2)c1. The number of carbonyl (C=O) groups excluding carboxylic acids is 1. The lowest BCUT2D eigenvalue weighted by Gasteiger charge is -2.22. The summed E-state index contributed by atoms with van der Waals surface area (Å²) in [5.41, 5.74) is 8.69. The van der Waals surface area contributed by atoms with E-state index in [1.54, 1.807) is 17.0 Å². The molecule has 1 aromatic heterocycles. The number of aryl methyl sites for hydroxylation is 2. The van der Waals surface area contributed by atoms with Crippen LogP contribution in [0.2, 0.25) is 0 Å². The number of nitrogens with zero attached hydrogens (tertiary/aromatic N) is 1. The van der Waals surface area contributed by atoms with Gasteiger partial charge in [-0.05, 0) is 49.2 Å². The molecule has 1 amide bonds. The number of carbonyl (C=O) groups is 1. The summed E-state index contributed by atoms with van der Waals surface area (Å²) < 4.78 is 5.17. The van der Waals surface area contributed by atoms with Crippen molar-refractivity contribution in [2.75, 3.05) is 18.0 Å². The fourth-order valence-corrected chi connectivity index (χ4v) is 2.12. The minimum absolute atomic E-state index is 0.166. The van der Waals surface area contributed by atoms with E-state index in [0.29, 0.717) is 18.8 Å². The van der Waals surface area contributed by atoms with E-state index in [1.807, 2.05) is 26.0 Å². The Balaban J connectivity index is 2.36. The van der Waals surface area contributed by atoms with Crippen LogP contribution in [0.5, 0.6) is 0 Å². The fourth-order valence-electron chi connectivity index (χ4n) is 2.12. The molecule has 100 valence electrons. The van der Waals surface area contributed by atoms with Gasteiger partial charge in [0, 0.05) is 18.8 Å². The molecule has 2 N–H and O–H groups in total. The summed E-state index contributed by atoms with van der Waals surface area (Å²) >= 11 is 0. The van der Waals surface area contributed by atoms with Gasteiger partial charge in [-0.3, -0.25) is 4.79 Å². The van der Waals surface area contributed by atoms with Crippen molar-refractivity contribution < 1.29 is 9.21 Å². The topological polar surface area (TPSA) is 59.5 Å². The Morgan fingerprint density at radius 1 is 1.26 bits per heavy atom. The quantitative estimate of drug-likeness (QED) is 0.916. The number of hydrogen-bond donors (Lipinski definition) is 1. The third-order valence-corrected chi connectivity index (χ3v) is 2.85. The van der Waals surface area contributed by atoms with Gasteiger partial charge < -0.3 is 15.1 Å². The van der Waals surface area contributed by atoms with Gasteiger partial charge in [-0.15, -0.1) is 0 Å². The summed E-state index contributed by atoms with van der Waals surface area (Å²) in [6.45, 7) is 4.88. The molecule has 0 atom stereocenters. The van der Waals surface area contributed by atoms with Crippen LogP contribution in [0.4, 0.5) is 5.69 Å². The van der Waals surface area contributed by atoms with E-state index >= 15 is 0 Å². The Morgan fingerprint density at radius 3 is 2.47 bits per heavy atom. The van der Waals surface area contributed by atoms with Crippen LogP contribution < -0.4 is 10.6 Å². The lowest BCUT2D eigenvalue weighted by Crippen LogP contribution is -2.35. The Hall–Kier alpha value is -2.07. The first kappa shape index (κ1) is 13.4. The minimum atomic E-state index is -0.166. The maximum absolute atomic E-state index is 12.4. The second-order valence-electron chi connectivity index (χ2n) is 4.57. The van der Waals surface area contributed by atoms with Gasteiger partial charge >= 0.3 is 0 Å². The molecule has 0 saturated carbocycles. The van der Waals surface area contributed by atoms with Gasteiger partial charge in [-0.2, -0.15) is 0 Å². The van der Waals surface area contributed by atoms with Crippen LogP contribution in [0.25, 0.3) is 0 Å². The number of benzene rings is 1. The van der Waals surface area contributed by atoms with Crippen LogP contribution in [0.1, 0.15) is 21.7 Å². The van der Waals surface area contributed by atoms with Crippen molar-refractivity contribution in [1.29, 1.82) is 0 Å². The Kier molecular flexibility index (Phi) is 4.02. The molecule has 4 nitrogen and oxygen atoms in total. The molecule has 1 aromatic carbocycles. The maximum Gasteiger partial charge on any atom is 0.293 e. The zero-order chi connectivity index (χ0) is 13.8. The highest BCUT2D eigenvalue weighted by molar-refractivity contribution is 6.04. The average Bonchev–Trinajstić information content (AvgIpc) is 2.87. The van der Waals surface area contributed by atoms with Crippen molar-refractivity contribution in [2.24, 2.45) is 5.73 Å². The average molecular weight is 258 g/mol. The molecule has 0 aliphatic carbocycles. The van der Waals surface area contributed by atoms with Crippen LogP contribution in [-0.2, 0) is 0 Å². The summed E-state index contributed by atoms with van der Waals surface area (Å²) in [4.78, 5) is 14.0. The summed E-state index contributed by atoms with van der Waals surface area (Å²) in [7, 11) is 0. The zero-order valence-electron chi connectivity index (χ0n) is 11.2. The first-order valence-corrected chi connectivity index (χ1v) is 6.25. The molecule has 0 aliphatic rings. The van der Waals surface area contributed by atoms with E-state index in [-0.39, 0.29) is 5.91 Å². The first-order valence-electron chi connectivity index (χ1n) is 6.25. The molecule has 4 heteroatoms. The number of furan rings is 1. The summed E-state index contributed by atoms with van der Waals surface area (Å²) in [5.74, 6) is 0.160. The molecule has 0 spiro atoms. The Morgan fingerprint density at radius 2 is 1.95 bits per heavy atom. The molecule has 2 rings (SSSR count). The van der Waals surface area contributed by atoms with Gasteiger partial charge in [0.2, 0.25) is 0 Å². The minimum Gasteiger partial charge on any atom is -0.459 e. The third-order valence-electron chi connectivity index (χ3n) is 2.85. The van der Waals surface area contributed by atoms with Crippen molar-refractivity contribution in [2.45, 2.75) is 13.8 Å². The molecular weight excluding hydrogens is 240 g/mol. The van der Waals surface area contributed by atoms with Gasteiger partial charge in [-0.25, -0.2) is 0 Å². The van der Waals surface area contributed by atoms with E-state index < -0.39 is 0 Å².